The molecule has 3 heterocycles. The Morgan fingerprint density at radius 1 is 1.09 bits per heavy atom. The number of hydrogen-bond donors (Lipinski definition) is 1. The molecule has 2 saturated heterocycles. The molecule has 1 aromatic heterocycles. The molecule has 0 radical (unpaired) electrons. The summed E-state index contributed by atoms with van der Waals surface area (Å²) >= 11 is 0. The van der Waals surface area contributed by atoms with Crippen molar-refractivity contribution in [2.45, 2.75) is 52.1 Å². The van der Waals surface area contributed by atoms with Gasteiger partial charge in [-0.25, -0.2) is 0 Å². The third-order valence-electron chi connectivity index (χ3n) is 6.98. The largest absolute Gasteiger partial charge is 0.451 e. The summed E-state index contributed by atoms with van der Waals surface area (Å²) in [4.78, 5) is 44.2. The average Bonchev–Trinajstić information content (AvgIpc) is 3.18. The number of piperazine rings is 1. The molecule has 0 saturated carbocycles. The van der Waals surface area contributed by atoms with Crippen LogP contribution in [0.1, 0.15) is 50.6 Å². The highest BCUT2D eigenvalue weighted by Crippen LogP contribution is 2.31. The number of nitrogens with one attached hydrogen (secondary N) is 1. The van der Waals surface area contributed by atoms with Crippen LogP contribution < -0.4 is 5.32 Å². The van der Waals surface area contributed by atoms with Crippen LogP contribution in [0.2, 0.25) is 0 Å². The van der Waals surface area contributed by atoms with Crippen LogP contribution in [0.4, 0.5) is 5.69 Å². The van der Waals surface area contributed by atoms with Gasteiger partial charge in [0.25, 0.3) is 0 Å². The van der Waals surface area contributed by atoms with E-state index in [2.05, 4.69) is 22.0 Å². The fourth-order valence-electron chi connectivity index (χ4n) is 4.87. The van der Waals surface area contributed by atoms with Crippen LogP contribution in [0.15, 0.2) is 28.7 Å². The molecular weight excluding hydrogens is 420 g/mol. The summed E-state index contributed by atoms with van der Waals surface area (Å²) < 4.78 is 5.67. The van der Waals surface area contributed by atoms with Gasteiger partial charge in [-0.15, -0.1) is 0 Å². The van der Waals surface area contributed by atoms with E-state index in [9.17, 15) is 14.4 Å². The van der Waals surface area contributed by atoms with Crippen molar-refractivity contribution >= 4 is 34.3 Å². The van der Waals surface area contributed by atoms with E-state index in [1.165, 1.54) is 13.3 Å². The lowest BCUT2D eigenvalue weighted by atomic mass is 10.0. The van der Waals surface area contributed by atoms with Gasteiger partial charge >= 0.3 is 0 Å². The Kier molecular flexibility index (Phi) is 7.14. The molecule has 2 amide bonds. The van der Waals surface area contributed by atoms with Crippen molar-refractivity contribution in [3.05, 3.63) is 30.0 Å². The molecule has 2 aliphatic heterocycles. The zero-order chi connectivity index (χ0) is 23.5. The van der Waals surface area contributed by atoms with Gasteiger partial charge in [-0.05, 0) is 45.2 Å². The second-order valence-corrected chi connectivity index (χ2v) is 9.27. The summed E-state index contributed by atoms with van der Waals surface area (Å²) in [5, 5.41) is 3.65. The van der Waals surface area contributed by atoms with Crippen LogP contribution in [-0.2, 0) is 9.59 Å². The standard InChI is InChI=1S/C25H34N4O4/c1-17-8-6-7-11-29(17)22(31)16-27-12-14-28(15-13-27)18(2)25(32)26-23-20-9-4-5-10-21(20)33-24(23)19(3)30/h4-5,9-10,17-18H,6-8,11-16H2,1-3H3,(H,26,32). The number of likely N-dealkylation sites (tertiary alicyclic amines) is 1. The molecule has 0 spiro atoms. The predicted molar refractivity (Wildman–Crippen MR) is 127 cm³/mol. The SMILES string of the molecule is CC(=O)c1oc2ccccc2c1NC(=O)C(C)N1CCN(CC(=O)N2CCCCC2C)CC1. The number of rotatable bonds is 6. The third kappa shape index (κ3) is 5.12. The van der Waals surface area contributed by atoms with Gasteiger partial charge in [0.2, 0.25) is 11.8 Å². The molecule has 2 fully saturated rings. The first-order valence-electron chi connectivity index (χ1n) is 11.9. The van der Waals surface area contributed by atoms with Crippen LogP contribution in [-0.4, -0.2) is 83.6 Å². The number of furan rings is 1. The quantitative estimate of drug-likeness (QED) is 0.676. The minimum absolute atomic E-state index is 0.171. The van der Waals surface area contributed by atoms with Gasteiger partial charge in [0.1, 0.15) is 5.58 Å². The molecule has 178 valence electrons. The number of hydrogen-bond acceptors (Lipinski definition) is 6. The van der Waals surface area contributed by atoms with Crippen molar-refractivity contribution in [2.24, 2.45) is 0 Å². The van der Waals surface area contributed by atoms with Crippen LogP contribution >= 0.6 is 0 Å². The van der Waals surface area contributed by atoms with Crippen LogP contribution in [0, 0.1) is 0 Å². The first kappa shape index (κ1) is 23.4. The van der Waals surface area contributed by atoms with Crippen LogP contribution in [0.25, 0.3) is 11.0 Å². The molecule has 0 bridgehead atoms. The second-order valence-electron chi connectivity index (χ2n) is 9.27. The number of carbonyl (C=O) groups is 3. The van der Waals surface area contributed by atoms with E-state index < -0.39 is 0 Å². The second kappa shape index (κ2) is 10.1. The lowest BCUT2D eigenvalue weighted by Crippen LogP contribution is -2.55. The maximum atomic E-state index is 13.0. The zero-order valence-electron chi connectivity index (χ0n) is 19.8. The monoisotopic (exact) mass is 454 g/mol. The molecule has 2 aliphatic rings. The number of ketones is 1. The maximum absolute atomic E-state index is 13.0. The third-order valence-corrected chi connectivity index (χ3v) is 6.98. The summed E-state index contributed by atoms with van der Waals surface area (Å²) in [5.41, 5.74) is 1.02. The summed E-state index contributed by atoms with van der Waals surface area (Å²) in [5.74, 6) is -0.0109. The Labute approximate surface area is 194 Å². The summed E-state index contributed by atoms with van der Waals surface area (Å²) in [6, 6.07) is 7.27. The Balaban J connectivity index is 1.34. The maximum Gasteiger partial charge on any atom is 0.241 e. The predicted octanol–water partition coefficient (Wildman–Crippen LogP) is 2.98. The number of fused-ring (bicyclic) bond motifs is 1. The van der Waals surface area contributed by atoms with Crippen molar-refractivity contribution in [1.29, 1.82) is 0 Å². The molecule has 4 rings (SSSR count). The normalized spacial score (nSPS) is 21.2. The molecule has 2 aromatic rings. The number of para-hydroxylation sites is 1. The Bertz CT molecular complexity index is 1020. The van der Waals surface area contributed by atoms with Gasteiger partial charge in [-0.2, -0.15) is 0 Å². The van der Waals surface area contributed by atoms with E-state index in [0.29, 0.717) is 36.9 Å². The fraction of sp³-hybridized carbons (Fsp3) is 0.560. The van der Waals surface area contributed by atoms with Crippen LogP contribution in [0.5, 0.6) is 0 Å². The van der Waals surface area contributed by atoms with E-state index in [0.717, 1.165) is 37.9 Å². The lowest BCUT2D eigenvalue weighted by Gasteiger charge is -2.39. The molecule has 2 unspecified atom stereocenters. The fourth-order valence-corrected chi connectivity index (χ4v) is 4.87. The van der Waals surface area contributed by atoms with Gasteiger partial charge in [-0.3, -0.25) is 24.2 Å². The molecule has 1 N–H and O–H groups in total. The molecule has 2 atom stereocenters. The van der Waals surface area contributed by atoms with Gasteiger partial charge in [-0.1, -0.05) is 12.1 Å². The van der Waals surface area contributed by atoms with Crippen molar-refractivity contribution < 1.29 is 18.8 Å². The number of anilines is 1. The van der Waals surface area contributed by atoms with Crippen molar-refractivity contribution in [1.82, 2.24) is 14.7 Å². The smallest absolute Gasteiger partial charge is 0.241 e. The van der Waals surface area contributed by atoms with Crippen molar-refractivity contribution in [2.75, 3.05) is 44.6 Å². The van der Waals surface area contributed by atoms with Crippen molar-refractivity contribution in [3.8, 4) is 0 Å². The first-order chi connectivity index (χ1) is 15.8. The van der Waals surface area contributed by atoms with E-state index in [1.807, 2.05) is 30.0 Å². The highest BCUT2D eigenvalue weighted by Gasteiger charge is 2.30. The summed E-state index contributed by atoms with van der Waals surface area (Å²) in [7, 11) is 0. The molecule has 1 aromatic carbocycles. The molecule has 8 heteroatoms. The number of Topliss-reactive ketones (excluding diaryl/α,β-unsaturated/α-hetero) is 1. The molecule has 33 heavy (non-hydrogen) atoms. The minimum atomic E-state index is -0.363. The van der Waals surface area contributed by atoms with Gasteiger partial charge in [0, 0.05) is 51.1 Å². The first-order valence-corrected chi connectivity index (χ1v) is 11.9. The number of carbonyl (C=O) groups excluding carboxylic acids is 3. The van der Waals surface area contributed by atoms with Gasteiger partial charge < -0.3 is 14.6 Å². The Hall–Kier alpha value is -2.71. The number of benzene rings is 1. The van der Waals surface area contributed by atoms with E-state index in [4.69, 9.17) is 4.42 Å². The van der Waals surface area contributed by atoms with E-state index in [-0.39, 0.29) is 29.4 Å². The highest BCUT2D eigenvalue weighted by molar-refractivity contribution is 6.11. The Morgan fingerprint density at radius 3 is 2.52 bits per heavy atom. The van der Waals surface area contributed by atoms with Gasteiger partial charge in [0.15, 0.2) is 11.5 Å². The minimum Gasteiger partial charge on any atom is -0.451 e. The number of nitrogens with zero attached hydrogens (tertiary/aromatic N) is 3. The van der Waals surface area contributed by atoms with Gasteiger partial charge in [0.05, 0.1) is 18.3 Å². The highest BCUT2D eigenvalue weighted by atomic mass is 16.3. The van der Waals surface area contributed by atoms with Crippen molar-refractivity contribution in [3.63, 3.8) is 0 Å². The Morgan fingerprint density at radius 2 is 1.82 bits per heavy atom. The summed E-state index contributed by atoms with van der Waals surface area (Å²) in [6.07, 6.45) is 3.38. The summed E-state index contributed by atoms with van der Waals surface area (Å²) in [6.45, 7) is 9.67. The molecule has 0 aliphatic carbocycles. The number of amides is 2. The number of piperidine rings is 1. The molecule has 8 nitrogen and oxygen atoms in total. The zero-order valence-corrected chi connectivity index (χ0v) is 19.8. The van der Waals surface area contributed by atoms with Crippen LogP contribution in [0.3, 0.4) is 0 Å². The average molecular weight is 455 g/mol. The van der Waals surface area contributed by atoms with E-state index in [1.54, 1.807) is 6.07 Å². The van der Waals surface area contributed by atoms with E-state index >= 15 is 0 Å². The lowest BCUT2D eigenvalue weighted by molar-refractivity contribution is -0.136. The molecular formula is C25H34N4O4. The topological polar surface area (TPSA) is 86.1 Å².